The summed E-state index contributed by atoms with van der Waals surface area (Å²) in [6.45, 7) is 5.28. The molecule has 0 saturated heterocycles. The largest absolute Gasteiger partial charge is 0.460 e. The van der Waals surface area contributed by atoms with Gasteiger partial charge in [0.2, 0.25) is 0 Å². The van der Waals surface area contributed by atoms with Gasteiger partial charge in [-0.05, 0) is 20.8 Å². The fourth-order valence-electron chi connectivity index (χ4n) is 0.624. The first kappa shape index (κ1) is 11.1. The number of carbonyl (C=O) groups excluding carboxylic acids is 2. The van der Waals surface area contributed by atoms with Crippen LogP contribution in [0.25, 0.3) is 0 Å². The van der Waals surface area contributed by atoms with Crippen LogP contribution in [0, 0.1) is 0 Å². The molecule has 1 atom stereocenters. The SMILES string of the molecule is CC(C)(C)OC(=O)C[C@@H](N)C=O. The van der Waals surface area contributed by atoms with Crippen LogP contribution < -0.4 is 5.73 Å². The molecule has 0 aliphatic rings. The van der Waals surface area contributed by atoms with Gasteiger partial charge in [-0.25, -0.2) is 0 Å². The van der Waals surface area contributed by atoms with Crippen molar-refractivity contribution in [3.8, 4) is 0 Å². The van der Waals surface area contributed by atoms with Gasteiger partial charge in [0.15, 0.2) is 0 Å². The summed E-state index contributed by atoms with van der Waals surface area (Å²) in [4.78, 5) is 21.0. The van der Waals surface area contributed by atoms with Crippen molar-refractivity contribution in [2.45, 2.75) is 38.8 Å². The first-order valence-corrected chi connectivity index (χ1v) is 3.78. The van der Waals surface area contributed by atoms with Gasteiger partial charge in [0, 0.05) is 0 Å². The number of hydrogen-bond acceptors (Lipinski definition) is 4. The Bertz CT molecular complexity index is 172. The molecule has 12 heavy (non-hydrogen) atoms. The Kier molecular flexibility index (Phi) is 3.89. The maximum Gasteiger partial charge on any atom is 0.308 e. The average molecular weight is 173 g/mol. The highest BCUT2D eigenvalue weighted by Crippen LogP contribution is 2.08. The molecule has 0 aromatic rings. The molecule has 0 fully saturated rings. The smallest absolute Gasteiger partial charge is 0.308 e. The Morgan fingerprint density at radius 2 is 2.08 bits per heavy atom. The summed E-state index contributed by atoms with van der Waals surface area (Å²) in [5, 5.41) is 0. The molecule has 0 saturated carbocycles. The topological polar surface area (TPSA) is 69.4 Å². The molecule has 0 aromatic heterocycles. The maximum absolute atomic E-state index is 11.0. The van der Waals surface area contributed by atoms with E-state index in [1.165, 1.54) is 0 Å². The molecule has 0 aliphatic carbocycles. The van der Waals surface area contributed by atoms with Crippen LogP contribution in [0.1, 0.15) is 27.2 Å². The molecule has 70 valence electrons. The van der Waals surface area contributed by atoms with Crippen molar-refractivity contribution >= 4 is 12.3 Å². The molecule has 0 aliphatic heterocycles. The Morgan fingerprint density at radius 1 is 1.58 bits per heavy atom. The summed E-state index contributed by atoms with van der Waals surface area (Å²) in [6.07, 6.45) is 0.477. The van der Waals surface area contributed by atoms with Gasteiger partial charge in [0.25, 0.3) is 0 Å². The first-order valence-electron chi connectivity index (χ1n) is 3.78. The van der Waals surface area contributed by atoms with Crippen molar-refractivity contribution in [3.05, 3.63) is 0 Å². The molecule has 4 nitrogen and oxygen atoms in total. The zero-order valence-electron chi connectivity index (χ0n) is 7.66. The molecule has 0 amide bonds. The lowest BCUT2D eigenvalue weighted by Crippen LogP contribution is -2.30. The Morgan fingerprint density at radius 3 is 2.42 bits per heavy atom. The highest BCUT2D eigenvalue weighted by Gasteiger charge is 2.17. The predicted molar refractivity (Wildman–Crippen MR) is 44.5 cm³/mol. The van der Waals surface area contributed by atoms with Crippen LogP contribution >= 0.6 is 0 Å². The van der Waals surface area contributed by atoms with Crippen LogP contribution in [-0.4, -0.2) is 23.9 Å². The van der Waals surface area contributed by atoms with E-state index in [2.05, 4.69) is 0 Å². The minimum atomic E-state index is -0.750. The molecule has 0 bridgehead atoms. The third kappa shape index (κ3) is 5.85. The van der Waals surface area contributed by atoms with Crippen LogP contribution in [0.4, 0.5) is 0 Å². The normalized spacial score (nSPS) is 13.7. The van der Waals surface area contributed by atoms with Crippen molar-refractivity contribution in [3.63, 3.8) is 0 Å². The summed E-state index contributed by atoms with van der Waals surface area (Å²) in [7, 11) is 0. The van der Waals surface area contributed by atoms with Crippen molar-refractivity contribution in [2.24, 2.45) is 5.73 Å². The Hall–Kier alpha value is -0.900. The van der Waals surface area contributed by atoms with Gasteiger partial charge < -0.3 is 15.3 Å². The maximum atomic E-state index is 11.0. The summed E-state index contributed by atoms with van der Waals surface area (Å²) >= 11 is 0. The lowest BCUT2D eigenvalue weighted by molar-refractivity contribution is -0.155. The highest BCUT2D eigenvalue weighted by molar-refractivity contribution is 5.75. The van der Waals surface area contributed by atoms with Crippen LogP contribution in [-0.2, 0) is 14.3 Å². The van der Waals surface area contributed by atoms with E-state index < -0.39 is 17.6 Å². The molecule has 2 N–H and O–H groups in total. The molecule has 0 unspecified atom stereocenters. The second kappa shape index (κ2) is 4.21. The second-order valence-electron chi connectivity index (χ2n) is 3.59. The minimum Gasteiger partial charge on any atom is -0.460 e. The number of ether oxygens (including phenoxy) is 1. The Labute approximate surface area is 72.1 Å². The van der Waals surface area contributed by atoms with Crippen LogP contribution in [0.5, 0.6) is 0 Å². The lowest BCUT2D eigenvalue weighted by Gasteiger charge is -2.19. The van der Waals surface area contributed by atoms with Gasteiger partial charge in [-0.2, -0.15) is 0 Å². The van der Waals surface area contributed by atoms with Crippen molar-refractivity contribution in [1.29, 1.82) is 0 Å². The predicted octanol–water partition coefficient (Wildman–Crippen LogP) is 0.244. The number of rotatable bonds is 3. The van der Waals surface area contributed by atoms with E-state index in [1.54, 1.807) is 20.8 Å². The van der Waals surface area contributed by atoms with E-state index in [1.807, 2.05) is 0 Å². The van der Waals surface area contributed by atoms with Crippen molar-refractivity contribution < 1.29 is 14.3 Å². The van der Waals surface area contributed by atoms with Gasteiger partial charge in [-0.1, -0.05) is 0 Å². The van der Waals surface area contributed by atoms with Gasteiger partial charge in [0.05, 0.1) is 12.5 Å². The van der Waals surface area contributed by atoms with Crippen LogP contribution in [0.15, 0.2) is 0 Å². The standard InChI is InChI=1S/C8H15NO3/c1-8(2,3)12-7(11)4-6(9)5-10/h5-6H,4,9H2,1-3H3/t6-/m1/s1. The fraction of sp³-hybridized carbons (Fsp3) is 0.750. The van der Waals surface area contributed by atoms with E-state index in [0.717, 1.165) is 0 Å². The molecular weight excluding hydrogens is 158 g/mol. The molecule has 0 aromatic carbocycles. The highest BCUT2D eigenvalue weighted by atomic mass is 16.6. The number of esters is 1. The monoisotopic (exact) mass is 173 g/mol. The number of hydrogen-bond donors (Lipinski definition) is 1. The van der Waals surface area contributed by atoms with E-state index >= 15 is 0 Å². The molecule has 0 rings (SSSR count). The minimum absolute atomic E-state index is 0.0548. The van der Waals surface area contributed by atoms with Gasteiger partial charge in [-0.15, -0.1) is 0 Å². The summed E-state index contributed by atoms with van der Waals surface area (Å²) in [6, 6.07) is -0.750. The molecule has 0 spiro atoms. The van der Waals surface area contributed by atoms with Gasteiger partial charge in [0.1, 0.15) is 11.9 Å². The summed E-state index contributed by atoms with van der Waals surface area (Å²) < 4.78 is 4.93. The third-order valence-corrected chi connectivity index (χ3v) is 0.997. The lowest BCUT2D eigenvalue weighted by atomic mass is 10.2. The Balaban J connectivity index is 3.82. The van der Waals surface area contributed by atoms with E-state index in [4.69, 9.17) is 10.5 Å². The van der Waals surface area contributed by atoms with E-state index in [-0.39, 0.29) is 6.42 Å². The molecule has 0 radical (unpaired) electrons. The fourth-order valence-corrected chi connectivity index (χ4v) is 0.624. The zero-order valence-corrected chi connectivity index (χ0v) is 7.66. The van der Waals surface area contributed by atoms with Gasteiger partial charge >= 0.3 is 5.97 Å². The number of carbonyl (C=O) groups is 2. The zero-order chi connectivity index (χ0) is 9.78. The molecule has 0 heterocycles. The molecule has 4 heteroatoms. The quantitative estimate of drug-likeness (QED) is 0.490. The van der Waals surface area contributed by atoms with Crippen molar-refractivity contribution in [2.75, 3.05) is 0 Å². The second-order valence-corrected chi connectivity index (χ2v) is 3.59. The van der Waals surface area contributed by atoms with Crippen LogP contribution in [0.2, 0.25) is 0 Å². The summed E-state index contributed by atoms with van der Waals surface area (Å²) in [5.41, 5.74) is 4.71. The third-order valence-electron chi connectivity index (χ3n) is 0.997. The molecular formula is C8H15NO3. The van der Waals surface area contributed by atoms with Gasteiger partial charge in [-0.3, -0.25) is 4.79 Å². The van der Waals surface area contributed by atoms with E-state index in [0.29, 0.717) is 6.29 Å². The number of aldehydes is 1. The summed E-state index contributed by atoms with van der Waals surface area (Å²) in [5.74, 6) is -0.442. The average Bonchev–Trinajstić information content (AvgIpc) is 1.82. The van der Waals surface area contributed by atoms with Crippen LogP contribution in [0.3, 0.4) is 0 Å². The first-order chi connectivity index (χ1) is 5.35. The van der Waals surface area contributed by atoms with E-state index in [9.17, 15) is 9.59 Å². The number of nitrogens with two attached hydrogens (primary N) is 1. The van der Waals surface area contributed by atoms with Crippen molar-refractivity contribution in [1.82, 2.24) is 0 Å².